The molecule has 0 radical (unpaired) electrons. The van der Waals surface area contributed by atoms with Crippen molar-refractivity contribution in [3.8, 4) is 0 Å². The van der Waals surface area contributed by atoms with Gasteiger partial charge in [0, 0.05) is 9.75 Å². The largest absolute Gasteiger partial charge is 0.416 e. The Morgan fingerprint density at radius 3 is 2.14 bits per heavy atom. The SMILES string of the molecule is CC(C)(C)c1ccc(C(Br)c2ccccc2C(F)(F)F)s1. The average molecular weight is 377 g/mol. The summed E-state index contributed by atoms with van der Waals surface area (Å²) >= 11 is 4.98. The van der Waals surface area contributed by atoms with Gasteiger partial charge in [-0.1, -0.05) is 54.9 Å². The summed E-state index contributed by atoms with van der Waals surface area (Å²) in [5, 5.41) is 0. The van der Waals surface area contributed by atoms with Crippen molar-refractivity contribution in [3.63, 3.8) is 0 Å². The van der Waals surface area contributed by atoms with E-state index in [2.05, 4.69) is 36.7 Å². The molecule has 5 heteroatoms. The number of halogens is 4. The van der Waals surface area contributed by atoms with Crippen molar-refractivity contribution in [1.29, 1.82) is 0 Å². The van der Waals surface area contributed by atoms with E-state index in [9.17, 15) is 13.2 Å². The molecule has 1 unspecified atom stereocenters. The number of rotatable bonds is 2. The normalized spacial score (nSPS) is 14.2. The van der Waals surface area contributed by atoms with E-state index in [1.54, 1.807) is 17.4 Å². The van der Waals surface area contributed by atoms with E-state index in [1.807, 2.05) is 12.1 Å². The number of benzene rings is 1. The maximum absolute atomic E-state index is 13.1. The smallest absolute Gasteiger partial charge is 0.166 e. The Kier molecular flexibility index (Phi) is 4.54. The first kappa shape index (κ1) is 16.6. The van der Waals surface area contributed by atoms with Crippen molar-refractivity contribution >= 4 is 27.3 Å². The third-order valence-electron chi connectivity index (χ3n) is 3.16. The fourth-order valence-corrected chi connectivity index (χ4v) is 3.92. The van der Waals surface area contributed by atoms with Crippen molar-refractivity contribution in [2.45, 2.75) is 37.2 Å². The summed E-state index contributed by atoms with van der Waals surface area (Å²) in [6, 6.07) is 9.60. The van der Waals surface area contributed by atoms with Gasteiger partial charge in [0.1, 0.15) is 0 Å². The molecule has 0 fully saturated rings. The van der Waals surface area contributed by atoms with E-state index in [1.165, 1.54) is 12.1 Å². The number of alkyl halides is 4. The van der Waals surface area contributed by atoms with E-state index in [4.69, 9.17) is 0 Å². The molecule has 0 nitrogen and oxygen atoms in total. The highest BCUT2D eigenvalue weighted by Crippen LogP contribution is 2.43. The Morgan fingerprint density at radius 2 is 1.62 bits per heavy atom. The molecule has 114 valence electrons. The van der Waals surface area contributed by atoms with Crippen molar-refractivity contribution in [2.24, 2.45) is 0 Å². The molecule has 1 aromatic carbocycles. The minimum Gasteiger partial charge on any atom is -0.166 e. The molecule has 0 aliphatic heterocycles. The van der Waals surface area contributed by atoms with Crippen LogP contribution in [0.4, 0.5) is 13.2 Å². The molecule has 1 heterocycles. The van der Waals surface area contributed by atoms with Crippen LogP contribution in [0.5, 0.6) is 0 Å². The molecule has 0 saturated heterocycles. The zero-order valence-corrected chi connectivity index (χ0v) is 14.4. The van der Waals surface area contributed by atoms with Crippen molar-refractivity contribution in [1.82, 2.24) is 0 Å². The summed E-state index contributed by atoms with van der Waals surface area (Å²) in [6.45, 7) is 6.28. The molecule has 0 bridgehead atoms. The van der Waals surface area contributed by atoms with Gasteiger partial charge in [-0.25, -0.2) is 0 Å². The summed E-state index contributed by atoms with van der Waals surface area (Å²) in [6.07, 6.45) is -4.34. The molecule has 2 aromatic rings. The standard InChI is InChI=1S/C16H16BrF3S/c1-15(2,3)13-9-8-12(21-13)14(17)10-6-4-5-7-11(10)16(18,19)20/h4-9,14H,1-3H3. The summed E-state index contributed by atoms with van der Waals surface area (Å²) in [4.78, 5) is 1.60. The van der Waals surface area contributed by atoms with Gasteiger partial charge in [0.25, 0.3) is 0 Å². The van der Waals surface area contributed by atoms with E-state index < -0.39 is 16.6 Å². The molecule has 0 spiro atoms. The molecule has 1 atom stereocenters. The summed E-state index contributed by atoms with van der Waals surface area (Å²) < 4.78 is 39.3. The highest BCUT2D eigenvalue weighted by Gasteiger charge is 2.35. The highest BCUT2D eigenvalue weighted by molar-refractivity contribution is 9.09. The molecule has 0 aliphatic carbocycles. The summed E-state index contributed by atoms with van der Waals surface area (Å²) in [7, 11) is 0. The van der Waals surface area contributed by atoms with Crippen LogP contribution in [0, 0.1) is 0 Å². The summed E-state index contributed by atoms with van der Waals surface area (Å²) in [5.74, 6) is 0. The van der Waals surface area contributed by atoms with Crippen LogP contribution in [-0.4, -0.2) is 0 Å². The average Bonchev–Trinajstić information content (AvgIpc) is 2.86. The molecule has 0 aliphatic rings. The van der Waals surface area contributed by atoms with Crippen molar-refractivity contribution in [3.05, 3.63) is 57.3 Å². The fraction of sp³-hybridized carbons (Fsp3) is 0.375. The van der Waals surface area contributed by atoms with Gasteiger partial charge in [0.2, 0.25) is 0 Å². The lowest BCUT2D eigenvalue weighted by atomic mass is 9.95. The van der Waals surface area contributed by atoms with E-state index in [-0.39, 0.29) is 11.0 Å². The van der Waals surface area contributed by atoms with Gasteiger partial charge in [-0.3, -0.25) is 0 Å². The van der Waals surface area contributed by atoms with E-state index in [0.29, 0.717) is 0 Å². The number of hydrogen-bond acceptors (Lipinski definition) is 1. The van der Waals surface area contributed by atoms with E-state index in [0.717, 1.165) is 15.8 Å². The van der Waals surface area contributed by atoms with Crippen LogP contribution in [0.15, 0.2) is 36.4 Å². The Morgan fingerprint density at radius 1 is 1.00 bits per heavy atom. The van der Waals surface area contributed by atoms with Crippen LogP contribution in [0.1, 0.15) is 46.5 Å². The monoisotopic (exact) mass is 376 g/mol. The first-order valence-electron chi connectivity index (χ1n) is 6.51. The third-order valence-corrected chi connectivity index (χ3v) is 6.02. The van der Waals surface area contributed by atoms with Crippen LogP contribution in [-0.2, 0) is 11.6 Å². The molecule has 0 N–H and O–H groups in total. The highest BCUT2D eigenvalue weighted by atomic mass is 79.9. The lowest BCUT2D eigenvalue weighted by molar-refractivity contribution is -0.138. The lowest BCUT2D eigenvalue weighted by Gasteiger charge is -2.17. The van der Waals surface area contributed by atoms with Crippen LogP contribution >= 0.6 is 27.3 Å². The first-order valence-corrected chi connectivity index (χ1v) is 8.24. The molecular weight excluding hydrogens is 361 g/mol. The van der Waals surface area contributed by atoms with Crippen molar-refractivity contribution < 1.29 is 13.2 Å². The van der Waals surface area contributed by atoms with E-state index >= 15 is 0 Å². The quantitative estimate of drug-likeness (QED) is 0.521. The van der Waals surface area contributed by atoms with Crippen LogP contribution in [0.25, 0.3) is 0 Å². The molecule has 1 aromatic heterocycles. The Bertz CT molecular complexity index is 623. The minimum absolute atomic E-state index is 0.000812. The maximum Gasteiger partial charge on any atom is 0.416 e. The predicted octanol–water partition coefficient (Wildman–Crippen LogP) is 6.55. The van der Waals surface area contributed by atoms with Crippen molar-refractivity contribution in [2.75, 3.05) is 0 Å². The molecule has 21 heavy (non-hydrogen) atoms. The molecular formula is C16H16BrF3S. The first-order chi connectivity index (χ1) is 9.60. The second kappa shape index (κ2) is 5.76. The molecule has 0 amide bonds. The van der Waals surface area contributed by atoms with Gasteiger partial charge in [-0.2, -0.15) is 13.2 Å². The minimum atomic E-state index is -4.34. The van der Waals surface area contributed by atoms with Gasteiger partial charge in [0.15, 0.2) is 0 Å². The second-order valence-corrected chi connectivity index (χ2v) is 7.93. The Balaban J connectivity index is 2.42. The van der Waals surface area contributed by atoms with Crippen LogP contribution in [0.3, 0.4) is 0 Å². The van der Waals surface area contributed by atoms with Gasteiger partial charge >= 0.3 is 6.18 Å². The number of thiophene rings is 1. The number of hydrogen-bond donors (Lipinski definition) is 0. The van der Waals surface area contributed by atoms with Gasteiger partial charge in [0.05, 0.1) is 10.4 Å². The maximum atomic E-state index is 13.1. The second-order valence-electron chi connectivity index (χ2n) is 5.90. The third kappa shape index (κ3) is 3.69. The fourth-order valence-electron chi connectivity index (χ4n) is 2.02. The van der Waals surface area contributed by atoms with Gasteiger partial charge in [-0.05, 0) is 29.2 Å². The van der Waals surface area contributed by atoms with Gasteiger partial charge in [-0.15, -0.1) is 11.3 Å². The van der Waals surface area contributed by atoms with Crippen LogP contribution in [0.2, 0.25) is 0 Å². The molecule has 2 rings (SSSR count). The lowest BCUT2D eigenvalue weighted by Crippen LogP contribution is -2.10. The van der Waals surface area contributed by atoms with Crippen LogP contribution < -0.4 is 0 Å². The predicted molar refractivity (Wildman–Crippen MR) is 85.2 cm³/mol. The van der Waals surface area contributed by atoms with Gasteiger partial charge < -0.3 is 0 Å². The zero-order chi connectivity index (χ0) is 15.8. The molecule has 0 saturated carbocycles. The zero-order valence-electron chi connectivity index (χ0n) is 12.0. The summed E-state index contributed by atoms with van der Waals surface area (Å²) in [5.41, 5.74) is -0.330. The Hall–Kier alpha value is -0.810. The topological polar surface area (TPSA) is 0 Å². The Labute approximate surface area is 135 Å².